The summed E-state index contributed by atoms with van der Waals surface area (Å²) in [6, 6.07) is 0. The maximum Gasteiger partial charge on any atom is 0.303 e. The van der Waals surface area contributed by atoms with Crippen LogP contribution in [0, 0.1) is 52.3 Å². The Hall–Kier alpha value is -0.570. The zero-order valence-electron chi connectivity index (χ0n) is 20.3. The van der Waals surface area contributed by atoms with Crippen LogP contribution in [0.1, 0.15) is 105 Å². The van der Waals surface area contributed by atoms with Gasteiger partial charge in [0, 0.05) is 6.61 Å². The quantitative estimate of drug-likeness (QED) is 0.432. The van der Waals surface area contributed by atoms with Crippen molar-refractivity contribution < 1.29 is 15.0 Å². The van der Waals surface area contributed by atoms with Crippen LogP contribution in [0.15, 0.2) is 0 Å². The van der Waals surface area contributed by atoms with E-state index in [2.05, 4.69) is 34.6 Å². The van der Waals surface area contributed by atoms with Crippen molar-refractivity contribution in [1.82, 2.24) is 0 Å². The van der Waals surface area contributed by atoms with Crippen LogP contribution >= 0.6 is 0 Å². The van der Waals surface area contributed by atoms with Crippen molar-refractivity contribution in [1.29, 1.82) is 0 Å². The molecule has 30 heavy (non-hydrogen) atoms. The summed E-state index contributed by atoms with van der Waals surface area (Å²) < 4.78 is 0. The Morgan fingerprint density at radius 3 is 2.37 bits per heavy atom. The lowest BCUT2D eigenvalue weighted by atomic mass is 9.45. The lowest BCUT2D eigenvalue weighted by Gasteiger charge is -2.59. The largest absolute Gasteiger partial charge is 0.481 e. The molecule has 3 aliphatic carbocycles. The van der Waals surface area contributed by atoms with E-state index in [1.807, 2.05) is 0 Å². The minimum Gasteiger partial charge on any atom is -0.481 e. The smallest absolute Gasteiger partial charge is 0.303 e. The fourth-order valence-electron chi connectivity index (χ4n) is 8.79. The maximum atomic E-state index is 11.8. The molecule has 3 aliphatic rings. The second-order valence-electron chi connectivity index (χ2n) is 12.3. The third-order valence-corrected chi connectivity index (χ3v) is 10.3. The van der Waals surface area contributed by atoms with Gasteiger partial charge in [-0.3, -0.25) is 4.79 Å². The van der Waals surface area contributed by atoms with Crippen molar-refractivity contribution in [2.24, 2.45) is 52.3 Å². The van der Waals surface area contributed by atoms with Crippen molar-refractivity contribution >= 4 is 5.97 Å². The SMILES string of the molecule is CC(C)CCC[C@@H](C)[C@H]1CCC2C3CC[C@@H](CCO)[C@](C)(CC(=O)O)C3CC[C@@]21C. The molecular formula is C27H48O3. The van der Waals surface area contributed by atoms with Gasteiger partial charge < -0.3 is 10.2 Å². The van der Waals surface area contributed by atoms with Gasteiger partial charge in [-0.2, -0.15) is 0 Å². The number of carboxylic acid groups (broad SMARTS) is 1. The van der Waals surface area contributed by atoms with Crippen molar-refractivity contribution in [2.45, 2.75) is 105 Å². The molecule has 0 aromatic heterocycles. The van der Waals surface area contributed by atoms with Crippen molar-refractivity contribution in [2.75, 3.05) is 6.61 Å². The van der Waals surface area contributed by atoms with Crippen LogP contribution in [-0.2, 0) is 4.79 Å². The van der Waals surface area contributed by atoms with Gasteiger partial charge in [0.1, 0.15) is 0 Å². The van der Waals surface area contributed by atoms with Gasteiger partial charge in [-0.1, -0.05) is 53.9 Å². The Morgan fingerprint density at radius 1 is 1.00 bits per heavy atom. The van der Waals surface area contributed by atoms with Crippen LogP contribution in [0.25, 0.3) is 0 Å². The Balaban J connectivity index is 1.76. The second kappa shape index (κ2) is 9.51. The number of aliphatic hydroxyl groups excluding tert-OH is 1. The molecule has 2 N–H and O–H groups in total. The summed E-state index contributed by atoms with van der Waals surface area (Å²) in [6.07, 6.45) is 12.7. The van der Waals surface area contributed by atoms with E-state index >= 15 is 0 Å². The van der Waals surface area contributed by atoms with E-state index in [0.29, 0.717) is 23.2 Å². The Bertz CT molecular complexity index is 587. The molecule has 3 saturated carbocycles. The fourth-order valence-corrected chi connectivity index (χ4v) is 8.79. The molecule has 0 spiro atoms. The van der Waals surface area contributed by atoms with Crippen LogP contribution in [-0.4, -0.2) is 22.8 Å². The van der Waals surface area contributed by atoms with Gasteiger partial charge in [0.25, 0.3) is 0 Å². The molecule has 3 nitrogen and oxygen atoms in total. The van der Waals surface area contributed by atoms with Crippen LogP contribution < -0.4 is 0 Å². The summed E-state index contributed by atoms with van der Waals surface area (Å²) in [5.41, 5.74) is 0.298. The lowest BCUT2D eigenvalue weighted by molar-refractivity contribution is -0.150. The molecular weight excluding hydrogens is 372 g/mol. The topological polar surface area (TPSA) is 57.5 Å². The van der Waals surface area contributed by atoms with Crippen LogP contribution in [0.5, 0.6) is 0 Å². The molecule has 0 aromatic carbocycles. The molecule has 0 radical (unpaired) electrons. The first kappa shape index (κ1) is 24.1. The standard InChI is InChI=1S/C27H48O3/c1-18(2)7-6-8-19(3)22-11-12-23-21-10-9-20(14-16-28)27(5,17-25(29)30)24(21)13-15-26(22,23)4/h18-24,28H,6-17H2,1-5H3,(H,29,30)/t19-,20+,21?,22-,23?,24?,26-,27+/m1/s1. The Kier molecular flexibility index (Phi) is 7.63. The summed E-state index contributed by atoms with van der Waals surface area (Å²) in [5.74, 6) is 4.15. The minimum atomic E-state index is -0.655. The highest BCUT2D eigenvalue weighted by Crippen LogP contribution is 2.67. The summed E-state index contributed by atoms with van der Waals surface area (Å²) in [5, 5.41) is 19.3. The van der Waals surface area contributed by atoms with E-state index in [9.17, 15) is 15.0 Å². The van der Waals surface area contributed by atoms with Gasteiger partial charge in [0.05, 0.1) is 6.42 Å². The van der Waals surface area contributed by atoms with Crippen LogP contribution in [0.3, 0.4) is 0 Å². The van der Waals surface area contributed by atoms with E-state index in [-0.39, 0.29) is 18.4 Å². The fraction of sp³-hybridized carbons (Fsp3) is 0.963. The lowest BCUT2D eigenvalue weighted by Crippen LogP contribution is -2.53. The summed E-state index contributed by atoms with van der Waals surface area (Å²) in [6.45, 7) is 12.2. The molecule has 0 amide bonds. The average molecular weight is 421 g/mol. The van der Waals surface area contributed by atoms with Gasteiger partial charge in [-0.15, -0.1) is 0 Å². The van der Waals surface area contributed by atoms with Crippen molar-refractivity contribution in [3.05, 3.63) is 0 Å². The number of rotatable bonds is 9. The van der Waals surface area contributed by atoms with Crippen LogP contribution in [0.4, 0.5) is 0 Å². The summed E-state index contributed by atoms with van der Waals surface area (Å²) in [7, 11) is 0. The zero-order chi connectivity index (χ0) is 22.1. The molecule has 3 fully saturated rings. The molecule has 3 heteroatoms. The number of carboxylic acids is 1. The van der Waals surface area contributed by atoms with E-state index in [1.165, 1.54) is 51.4 Å². The van der Waals surface area contributed by atoms with E-state index in [1.54, 1.807) is 0 Å². The van der Waals surface area contributed by atoms with Gasteiger partial charge in [0.15, 0.2) is 0 Å². The molecule has 0 aliphatic heterocycles. The van der Waals surface area contributed by atoms with Gasteiger partial charge in [-0.25, -0.2) is 0 Å². The highest BCUT2D eigenvalue weighted by molar-refractivity contribution is 5.67. The predicted molar refractivity (Wildman–Crippen MR) is 123 cm³/mol. The third-order valence-electron chi connectivity index (χ3n) is 10.3. The summed E-state index contributed by atoms with van der Waals surface area (Å²) in [4.78, 5) is 11.8. The number of fused-ring (bicyclic) bond motifs is 3. The molecule has 0 saturated heterocycles. The molecule has 8 atom stereocenters. The highest BCUT2D eigenvalue weighted by Gasteiger charge is 2.60. The highest BCUT2D eigenvalue weighted by atomic mass is 16.4. The maximum absolute atomic E-state index is 11.8. The number of hydrogen-bond acceptors (Lipinski definition) is 2. The van der Waals surface area contributed by atoms with Crippen molar-refractivity contribution in [3.63, 3.8) is 0 Å². The molecule has 174 valence electrons. The monoisotopic (exact) mass is 420 g/mol. The van der Waals surface area contributed by atoms with Gasteiger partial charge in [-0.05, 0) is 97.2 Å². The Morgan fingerprint density at radius 2 is 1.73 bits per heavy atom. The van der Waals surface area contributed by atoms with Gasteiger partial charge in [0.2, 0.25) is 0 Å². The first-order valence-electron chi connectivity index (χ1n) is 13.0. The van der Waals surface area contributed by atoms with E-state index in [4.69, 9.17) is 0 Å². The predicted octanol–water partition coefficient (Wildman–Crippen LogP) is 6.78. The van der Waals surface area contributed by atoms with Crippen molar-refractivity contribution in [3.8, 4) is 0 Å². The van der Waals surface area contributed by atoms with E-state index in [0.717, 1.165) is 36.5 Å². The summed E-state index contributed by atoms with van der Waals surface area (Å²) >= 11 is 0. The zero-order valence-corrected chi connectivity index (χ0v) is 20.3. The first-order valence-corrected chi connectivity index (χ1v) is 13.0. The molecule has 0 heterocycles. The first-order chi connectivity index (χ1) is 14.1. The number of aliphatic carboxylic acids is 1. The third kappa shape index (κ3) is 4.48. The minimum absolute atomic E-state index is 0.153. The second-order valence-corrected chi connectivity index (χ2v) is 12.3. The number of aliphatic hydroxyl groups is 1. The Labute approximate surface area is 185 Å². The normalized spacial score (nSPS) is 42.0. The average Bonchev–Trinajstić information content (AvgIpc) is 3.00. The van der Waals surface area contributed by atoms with Gasteiger partial charge >= 0.3 is 5.97 Å². The number of hydrogen-bond donors (Lipinski definition) is 2. The number of carbonyl (C=O) groups is 1. The molecule has 3 unspecified atom stereocenters. The molecule has 0 bridgehead atoms. The molecule has 3 rings (SSSR count). The molecule has 0 aromatic rings. The van der Waals surface area contributed by atoms with E-state index < -0.39 is 5.97 Å². The van der Waals surface area contributed by atoms with Crippen LogP contribution in [0.2, 0.25) is 0 Å².